The van der Waals surface area contributed by atoms with E-state index in [1.807, 2.05) is 41.3 Å². The lowest BCUT2D eigenvalue weighted by molar-refractivity contribution is -0.132. The van der Waals surface area contributed by atoms with Crippen LogP contribution in [-0.2, 0) is 11.3 Å². The Bertz CT molecular complexity index is 485. The molecule has 0 bridgehead atoms. The molecule has 0 saturated carbocycles. The molecule has 0 unspecified atom stereocenters. The molecule has 2 rings (SSSR count). The summed E-state index contributed by atoms with van der Waals surface area (Å²) in [6.07, 6.45) is 4.88. The van der Waals surface area contributed by atoms with Gasteiger partial charge in [0.25, 0.3) is 0 Å². The molecular weight excluding hydrogens is 252 g/mol. The van der Waals surface area contributed by atoms with Crippen molar-refractivity contribution >= 4 is 5.91 Å². The van der Waals surface area contributed by atoms with Gasteiger partial charge in [0.05, 0.1) is 7.11 Å². The Labute approximate surface area is 120 Å². The van der Waals surface area contributed by atoms with Gasteiger partial charge < -0.3 is 9.64 Å². The molecule has 0 aromatic heterocycles. The Hall–Kier alpha value is -1.81. The number of rotatable bonds is 6. The van der Waals surface area contributed by atoms with Crippen LogP contribution in [0.4, 0.5) is 0 Å². The highest BCUT2D eigenvalue weighted by Crippen LogP contribution is 2.20. The third-order valence-electron chi connectivity index (χ3n) is 3.41. The third-order valence-corrected chi connectivity index (χ3v) is 3.41. The van der Waals surface area contributed by atoms with Gasteiger partial charge in [0.2, 0.25) is 5.91 Å². The number of para-hydroxylation sites is 1. The van der Waals surface area contributed by atoms with Crippen LogP contribution in [0.15, 0.2) is 36.4 Å². The van der Waals surface area contributed by atoms with Crippen molar-refractivity contribution in [1.29, 1.82) is 0 Å². The monoisotopic (exact) mass is 274 g/mol. The Kier molecular flexibility index (Phi) is 5.18. The molecule has 4 nitrogen and oxygen atoms in total. The molecule has 20 heavy (non-hydrogen) atoms. The van der Waals surface area contributed by atoms with E-state index in [1.165, 1.54) is 0 Å². The van der Waals surface area contributed by atoms with Gasteiger partial charge in [0.15, 0.2) is 0 Å². The summed E-state index contributed by atoms with van der Waals surface area (Å²) in [5.74, 6) is 0.961. The molecule has 0 saturated heterocycles. The maximum atomic E-state index is 12.5. The van der Waals surface area contributed by atoms with E-state index in [-0.39, 0.29) is 11.9 Å². The highest BCUT2D eigenvalue weighted by Gasteiger charge is 2.23. The number of methoxy groups -OCH3 is 1. The molecule has 1 amide bonds. The van der Waals surface area contributed by atoms with Crippen molar-refractivity contribution in [3.05, 3.63) is 42.0 Å². The van der Waals surface area contributed by atoms with Crippen LogP contribution in [0.2, 0.25) is 0 Å². The molecular formula is C16H22N2O2. The summed E-state index contributed by atoms with van der Waals surface area (Å²) in [5, 5.41) is 3.18. The molecule has 4 heteroatoms. The average Bonchev–Trinajstić information content (AvgIpc) is 3.01. The summed E-state index contributed by atoms with van der Waals surface area (Å²) in [4.78, 5) is 14.4. The molecule has 108 valence electrons. The van der Waals surface area contributed by atoms with Crippen molar-refractivity contribution in [2.45, 2.75) is 25.9 Å². The SMILES string of the molecule is CCCN(Cc1ccccc1OC)C(=O)[C@H]1C=CCN1. The number of amides is 1. The van der Waals surface area contributed by atoms with E-state index in [1.54, 1.807) is 7.11 Å². The number of nitrogens with one attached hydrogen (secondary N) is 1. The first-order chi connectivity index (χ1) is 9.76. The summed E-state index contributed by atoms with van der Waals surface area (Å²) in [7, 11) is 1.66. The normalized spacial score (nSPS) is 17.2. The topological polar surface area (TPSA) is 41.6 Å². The molecule has 1 atom stereocenters. The summed E-state index contributed by atoms with van der Waals surface area (Å²) < 4.78 is 5.36. The van der Waals surface area contributed by atoms with E-state index in [0.29, 0.717) is 6.54 Å². The lowest BCUT2D eigenvalue weighted by atomic mass is 10.1. The standard InChI is InChI=1S/C16H22N2O2/c1-3-11-18(16(19)14-8-6-10-17-14)12-13-7-4-5-9-15(13)20-2/h4-9,14,17H,3,10-12H2,1-2H3/t14-/m1/s1. The Morgan fingerprint density at radius 2 is 2.25 bits per heavy atom. The van der Waals surface area contributed by atoms with Crippen LogP contribution in [0.25, 0.3) is 0 Å². The first-order valence-corrected chi connectivity index (χ1v) is 7.07. The van der Waals surface area contributed by atoms with Gasteiger partial charge in [0.1, 0.15) is 11.8 Å². The van der Waals surface area contributed by atoms with Gasteiger partial charge in [-0.3, -0.25) is 10.1 Å². The molecule has 1 aromatic carbocycles. The van der Waals surface area contributed by atoms with E-state index in [9.17, 15) is 4.79 Å². The number of hydrogen-bond acceptors (Lipinski definition) is 3. The first-order valence-electron chi connectivity index (χ1n) is 7.07. The number of ether oxygens (including phenoxy) is 1. The van der Waals surface area contributed by atoms with Gasteiger partial charge in [-0.2, -0.15) is 0 Å². The second kappa shape index (κ2) is 7.10. The summed E-state index contributed by atoms with van der Waals surface area (Å²) in [6.45, 7) is 4.19. The Morgan fingerprint density at radius 3 is 2.90 bits per heavy atom. The predicted molar refractivity (Wildman–Crippen MR) is 79.6 cm³/mol. The fraction of sp³-hybridized carbons (Fsp3) is 0.438. The van der Waals surface area contributed by atoms with Crippen molar-refractivity contribution in [2.24, 2.45) is 0 Å². The van der Waals surface area contributed by atoms with E-state index < -0.39 is 0 Å². The average molecular weight is 274 g/mol. The minimum Gasteiger partial charge on any atom is -0.496 e. The number of hydrogen-bond donors (Lipinski definition) is 1. The fourth-order valence-corrected chi connectivity index (χ4v) is 2.41. The quantitative estimate of drug-likeness (QED) is 0.806. The summed E-state index contributed by atoms with van der Waals surface area (Å²) in [5.41, 5.74) is 1.04. The van der Waals surface area contributed by atoms with Gasteiger partial charge >= 0.3 is 0 Å². The summed E-state index contributed by atoms with van der Waals surface area (Å²) in [6, 6.07) is 7.66. The van der Waals surface area contributed by atoms with Gasteiger partial charge in [-0.15, -0.1) is 0 Å². The summed E-state index contributed by atoms with van der Waals surface area (Å²) >= 11 is 0. The van der Waals surface area contributed by atoms with Gasteiger partial charge in [-0.1, -0.05) is 37.3 Å². The minimum absolute atomic E-state index is 0.131. The van der Waals surface area contributed by atoms with Crippen LogP contribution in [0.1, 0.15) is 18.9 Å². The van der Waals surface area contributed by atoms with Crippen molar-refractivity contribution < 1.29 is 9.53 Å². The molecule has 0 spiro atoms. The van der Waals surface area contributed by atoms with Crippen molar-refractivity contribution in [1.82, 2.24) is 10.2 Å². The number of carbonyl (C=O) groups is 1. The van der Waals surface area contributed by atoms with E-state index in [2.05, 4.69) is 12.2 Å². The third kappa shape index (κ3) is 3.39. The number of benzene rings is 1. The maximum absolute atomic E-state index is 12.5. The molecule has 1 aliphatic heterocycles. The van der Waals surface area contributed by atoms with E-state index in [4.69, 9.17) is 4.74 Å². The second-order valence-electron chi connectivity index (χ2n) is 4.89. The van der Waals surface area contributed by atoms with Crippen LogP contribution < -0.4 is 10.1 Å². The van der Waals surface area contributed by atoms with E-state index >= 15 is 0 Å². The molecule has 0 radical (unpaired) electrons. The molecule has 1 heterocycles. The highest BCUT2D eigenvalue weighted by molar-refractivity contribution is 5.84. The smallest absolute Gasteiger partial charge is 0.243 e. The molecule has 0 aliphatic carbocycles. The Morgan fingerprint density at radius 1 is 1.45 bits per heavy atom. The van der Waals surface area contributed by atoms with Crippen molar-refractivity contribution in [2.75, 3.05) is 20.2 Å². The van der Waals surface area contributed by atoms with Crippen molar-refractivity contribution in [3.63, 3.8) is 0 Å². The van der Waals surface area contributed by atoms with Crippen LogP contribution in [0.3, 0.4) is 0 Å². The number of carbonyl (C=O) groups excluding carboxylic acids is 1. The zero-order chi connectivity index (χ0) is 14.4. The molecule has 1 N–H and O–H groups in total. The molecule has 1 aliphatic rings. The van der Waals surface area contributed by atoms with Gasteiger partial charge in [-0.05, 0) is 12.5 Å². The van der Waals surface area contributed by atoms with Crippen molar-refractivity contribution in [3.8, 4) is 5.75 Å². The number of nitrogens with zero attached hydrogens (tertiary/aromatic N) is 1. The molecule has 1 aromatic rings. The van der Waals surface area contributed by atoms with Gasteiger partial charge in [0, 0.05) is 25.2 Å². The van der Waals surface area contributed by atoms with Gasteiger partial charge in [-0.25, -0.2) is 0 Å². The van der Waals surface area contributed by atoms with Crippen LogP contribution >= 0.6 is 0 Å². The first kappa shape index (κ1) is 14.6. The minimum atomic E-state index is -0.184. The van der Waals surface area contributed by atoms with E-state index in [0.717, 1.165) is 30.8 Å². The Balaban J connectivity index is 2.12. The molecule has 0 fully saturated rings. The lowest BCUT2D eigenvalue weighted by Crippen LogP contribution is -2.43. The van der Waals surface area contributed by atoms with Crippen LogP contribution in [0.5, 0.6) is 5.75 Å². The highest BCUT2D eigenvalue weighted by atomic mass is 16.5. The fourth-order valence-electron chi connectivity index (χ4n) is 2.41. The van der Waals surface area contributed by atoms with Crippen LogP contribution in [-0.4, -0.2) is 37.0 Å². The second-order valence-corrected chi connectivity index (χ2v) is 4.89. The maximum Gasteiger partial charge on any atom is 0.243 e. The van der Waals surface area contributed by atoms with Crippen LogP contribution in [0, 0.1) is 0 Å². The largest absolute Gasteiger partial charge is 0.496 e. The zero-order valence-electron chi connectivity index (χ0n) is 12.1. The lowest BCUT2D eigenvalue weighted by Gasteiger charge is -2.25. The predicted octanol–water partition coefficient (Wildman–Crippen LogP) is 1.96. The zero-order valence-corrected chi connectivity index (χ0v) is 12.1.